The number of nitrogens with zero attached hydrogens (tertiary/aromatic N) is 4. The van der Waals surface area contributed by atoms with Crippen LogP contribution >= 0.6 is 11.8 Å². The number of piperidine rings is 1. The van der Waals surface area contributed by atoms with Crippen molar-refractivity contribution in [2.24, 2.45) is 0 Å². The van der Waals surface area contributed by atoms with Crippen LogP contribution in [-0.4, -0.2) is 39.9 Å². The van der Waals surface area contributed by atoms with Crippen molar-refractivity contribution in [3.63, 3.8) is 0 Å². The summed E-state index contributed by atoms with van der Waals surface area (Å²) in [6.07, 6.45) is 5.90. The minimum absolute atomic E-state index is 0.470. The summed E-state index contributed by atoms with van der Waals surface area (Å²) in [6, 6.07) is 3.81. The lowest BCUT2D eigenvalue weighted by Gasteiger charge is -2.22. The van der Waals surface area contributed by atoms with E-state index in [0.717, 1.165) is 54.9 Å². The number of hydrogen-bond donors (Lipinski definition) is 1. The summed E-state index contributed by atoms with van der Waals surface area (Å²) in [5.74, 6) is 3.05. The van der Waals surface area contributed by atoms with Crippen molar-refractivity contribution in [2.45, 2.75) is 36.2 Å². The summed E-state index contributed by atoms with van der Waals surface area (Å²) in [7, 11) is 1.67. The van der Waals surface area contributed by atoms with Crippen LogP contribution in [0.5, 0.6) is 5.75 Å². The normalized spacial score (nSPS) is 15.4. The topological polar surface area (TPSA) is 64.9 Å². The third-order valence-corrected chi connectivity index (χ3v) is 5.15. The second kappa shape index (κ2) is 8.30. The van der Waals surface area contributed by atoms with E-state index in [1.807, 2.05) is 18.2 Å². The van der Waals surface area contributed by atoms with Gasteiger partial charge in [-0.1, -0.05) is 17.8 Å². The molecule has 1 saturated heterocycles. The molecule has 0 amide bonds. The number of pyridine rings is 1. The number of methoxy groups -OCH3 is 1. The van der Waals surface area contributed by atoms with Gasteiger partial charge in [0.15, 0.2) is 5.16 Å². The van der Waals surface area contributed by atoms with Crippen LogP contribution in [0.15, 0.2) is 36.1 Å². The molecule has 6 nitrogen and oxygen atoms in total. The van der Waals surface area contributed by atoms with E-state index in [0.29, 0.717) is 11.7 Å². The van der Waals surface area contributed by atoms with E-state index in [-0.39, 0.29) is 0 Å². The maximum atomic E-state index is 5.37. The van der Waals surface area contributed by atoms with Gasteiger partial charge in [0.05, 0.1) is 12.8 Å². The molecule has 0 aromatic carbocycles. The van der Waals surface area contributed by atoms with Gasteiger partial charge >= 0.3 is 0 Å². The van der Waals surface area contributed by atoms with Crippen LogP contribution in [0.25, 0.3) is 0 Å². The fourth-order valence-corrected chi connectivity index (χ4v) is 3.85. The number of allylic oxidation sites excluding steroid dienone is 1. The highest BCUT2D eigenvalue weighted by Crippen LogP contribution is 2.30. The molecule has 0 aliphatic carbocycles. The first-order valence-corrected chi connectivity index (χ1v) is 9.17. The zero-order valence-electron chi connectivity index (χ0n) is 13.9. The maximum absolute atomic E-state index is 5.37. The van der Waals surface area contributed by atoms with E-state index in [4.69, 9.17) is 4.74 Å². The second-order valence-electron chi connectivity index (χ2n) is 5.71. The molecule has 0 radical (unpaired) electrons. The minimum Gasteiger partial charge on any atom is -0.495 e. The Bertz CT molecular complexity index is 681. The van der Waals surface area contributed by atoms with Crippen LogP contribution in [0.2, 0.25) is 0 Å². The van der Waals surface area contributed by atoms with Crippen molar-refractivity contribution in [3.05, 3.63) is 42.5 Å². The summed E-state index contributed by atoms with van der Waals surface area (Å²) in [6.45, 7) is 6.69. The Morgan fingerprint density at radius 1 is 1.42 bits per heavy atom. The van der Waals surface area contributed by atoms with Gasteiger partial charge in [0.1, 0.15) is 11.6 Å². The van der Waals surface area contributed by atoms with E-state index < -0.39 is 0 Å². The number of ether oxygens (including phenoxy) is 1. The molecule has 7 heteroatoms. The van der Waals surface area contributed by atoms with Crippen LogP contribution in [0.3, 0.4) is 0 Å². The van der Waals surface area contributed by atoms with Gasteiger partial charge in [-0.3, -0.25) is 4.98 Å². The molecule has 1 N–H and O–H groups in total. The third kappa shape index (κ3) is 3.79. The molecule has 0 atom stereocenters. The number of hydrogen-bond acceptors (Lipinski definition) is 6. The van der Waals surface area contributed by atoms with Gasteiger partial charge in [-0.2, -0.15) is 0 Å². The zero-order chi connectivity index (χ0) is 16.8. The minimum atomic E-state index is 0.470. The van der Waals surface area contributed by atoms with Crippen LogP contribution < -0.4 is 10.1 Å². The van der Waals surface area contributed by atoms with Gasteiger partial charge in [-0.15, -0.1) is 16.8 Å². The van der Waals surface area contributed by atoms with Gasteiger partial charge in [0, 0.05) is 24.4 Å². The van der Waals surface area contributed by atoms with Gasteiger partial charge in [-0.05, 0) is 38.1 Å². The van der Waals surface area contributed by atoms with Gasteiger partial charge in [0.2, 0.25) is 0 Å². The van der Waals surface area contributed by atoms with Crippen molar-refractivity contribution in [1.29, 1.82) is 0 Å². The summed E-state index contributed by atoms with van der Waals surface area (Å²) < 4.78 is 7.55. The molecule has 2 aromatic rings. The summed E-state index contributed by atoms with van der Waals surface area (Å²) in [5.41, 5.74) is 0.918. The second-order valence-corrected chi connectivity index (χ2v) is 6.65. The maximum Gasteiger partial charge on any atom is 0.191 e. The number of aromatic nitrogens is 4. The fourth-order valence-electron chi connectivity index (χ4n) is 2.94. The SMILES string of the molecule is C=CCn1c(SCc2ncccc2OC)nnc1C1CCNCC1. The Kier molecular flexibility index (Phi) is 5.87. The Hall–Kier alpha value is -1.86. The summed E-state index contributed by atoms with van der Waals surface area (Å²) in [5, 5.41) is 13.2. The monoisotopic (exact) mass is 345 g/mol. The number of rotatable bonds is 7. The molecule has 24 heavy (non-hydrogen) atoms. The predicted octanol–water partition coefficient (Wildman–Crippen LogP) is 2.63. The highest BCUT2D eigenvalue weighted by Gasteiger charge is 2.23. The van der Waals surface area contributed by atoms with Crippen LogP contribution in [0.1, 0.15) is 30.3 Å². The Balaban J connectivity index is 1.77. The molecule has 1 aliphatic rings. The van der Waals surface area contributed by atoms with Gasteiger partial charge < -0.3 is 14.6 Å². The molecule has 2 aromatic heterocycles. The van der Waals surface area contributed by atoms with Crippen molar-refractivity contribution >= 4 is 11.8 Å². The smallest absolute Gasteiger partial charge is 0.191 e. The van der Waals surface area contributed by atoms with Crippen molar-refractivity contribution in [3.8, 4) is 5.75 Å². The zero-order valence-corrected chi connectivity index (χ0v) is 14.8. The summed E-state index contributed by atoms with van der Waals surface area (Å²) in [4.78, 5) is 4.41. The lowest BCUT2D eigenvalue weighted by molar-refractivity contribution is 0.409. The molecular weight excluding hydrogens is 322 g/mol. The molecule has 0 bridgehead atoms. The average molecular weight is 345 g/mol. The molecular formula is C17H23N5OS. The van der Waals surface area contributed by atoms with E-state index in [2.05, 4.69) is 31.6 Å². The van der Waals surface area contributed by atoms with Crippen molar-refractivity contribution in [2.75, 3.05) is 20.2 Å². The van der Waals surface area contributed by atoms with Crippen molar-refractivity contribution < 1.29 is 4.74 Å². The van der Waals surface area contributed by atoms with E-state index in [1.165, 1.54) is 0 Å². The standard InChI is InChI=1S/C17H23N5OS/c1-3-11-22-16(13-6-9-18-10-7-13)20-21-17(22)24-12-14-15(23-2)5-4-8-19-14/h3-5,8,13,18H,1,6-7,9-12H2,2H3. The van der Waals surface area contributed by atoms with Crippen molar-refractivity contribution in [1.82, 2.24) is 25.1 Å². The first-order valence-electron chi connectivity index (χ1n) is 8.19. The van der Waals surface area contributed by atoms with Gasteiger partial charge in [0.25, 0.3) is 0 Å². The van der Waals surface area contributed by atoms with E-state index in [9.17, 15) is 0 Å². The molecule has 1 fully saturated rings. The fraction of sp³-hybridized carbons (Fsp3) is 0.471. The van der Waals surface area contributed by atoms with Crippen LogP contribution in [-0.2, 0) is 12.3 Å². The first kappa shape index (κ1) is 17.0. The Labute approximate surface area is 146 Å². The molecule has 0 saturated carbocycles. The highest BCUT2D eigenvalue weighted by atomic mass is 32.2. The van der Waals surface area contributed by atoms with E-state index >= 15 is 0 Å². The average Bonchev–Trinajstić information content (AvgIpc) is 3.04. The number of thioether (sulfide) groups is 1. The first-order chi connectivity index (χ1) is 11.8. The highest BCUT2D eigenvalue weighted by molar-refractivity contribution is 7.98. The third-order valence-electron chi connectivity index (χ3n) is 4.17. The Morgan fingerprint density at radius 2 is 2.25 bits per heavy atom. The van der Waals surface area contributed by atoms with Gasteiger partial charge in [-0.25, -0.2) is 0 Å². The molecule has 3 rings (SSSR count). The Morgan fingerprint density at radius 3 is 3.00 bits per heavy atom. The lowest BCUT2D eigenvalue weighted by Crippen LogP contribution is -2.28. The molecule has 3 heterocycles. The molecule has 0 spiro atoms. The molecule has 0 unspecified atom stereocenters. The van der Waals surface area contributed by atoms with Crippen LogP contribution in [0.4, 0.5) is 0 Å². The largest absolute Gasteiger partial charge is 0.495 e. The van der Waals surface area contributed by atoms with Crippen LogP contribution in [0, 0.1) is 0 Å². The lowest BCUT2D eigenvalue weighted by atomic mass is 9.97. The molecule has 1 aliphatic heterocycles. The quantitative estimate of drug-likeness (QED) is 0.615. The molecule has 128 valence electrons. The van der Waals surface area contributed by atoms with E-state index in [1.54, 1.807) is 25.1 Å². The number of nitrogens with one attached hydrogen (secondary N) is 1. The summed E-state index contributed by atoms with van der Waals surface area (Å²) >= 11 is 1.64. The predicted molar refractivity (Wildman–Crippen MR) is 95.4 cm³/mol.